The summed E-state index contributed by atoms with van der Waals surface area (Å²) in [6, 6.07) is 12.4. The zero-order valence-corrected chi connectivity index (χ0v) is 17.1. The minimum atomic E-state index is -3.48. The van der Waals surface area contributed by atoms with E-state index in [1.165, 1.54) is 4.31 Å². The van der Waals surface area contributed by atoms with Crippen LogP contribution in [0.1, 0.15) is 0 Å². The second-order valence-corrected chi connectivity index (χ2v) is 8.74. The lowest BCUT2D eigenvalue weighted by Crippen LogP contribution is -2.48. The van der Waals surface area contributed by atoms with Crippen LogP contribution in [0.2, 0.25) is 0 Å². The molecule has 1 aliphatic rings. The van der Waals surface area contributed by atoms with Crippen LogP contribution in [-0.2, 0) is 10.0 Å². The van der Waals surface area contributed by atoms with E-state index in [2.05, 4.69) is 20.8 Å². The zero-order valence-electron chi connectivity index (χ0n) is 14.7. The summed E-state index contributed by atoms with van der Waals surface area (Å²) in [6.45, 7) is 2.04. The highest BCUT2D eigenvalue weighted by atomic mass is 79.9. The first kappa shape index (κ1) is 19.0. The third-order valence-electron chi connectivity index (χ3n) is 4.42. The molecule has 6 nitrogen and oxygen atoms in total. The number of methoxy groups -OCH3 is 2. The average molecular weight is 441 g/mol. The van der Waals surface area contributed by atoms with E-state index >= 15 is 0 Å². The molecule has 1 heterocycles. The van der Waals surface area contributed by atoms with Crippen LogP contribution in [0.15, 0.2) is 51.8 Å². The monoisotopic (exact) mass is 440 g/mol. The Labute approximate surface area is 162 Å². The molecular formula is C18H21BrN2O4S. The predicted octanol–water partition coefficient (Wildman–Crippen LogP) is 2.98. The molecule has 0 bridgehead atoms. The topological polar surface area (TPSA) is 59.1 Å². The number of benzene rings is 2. The highest BCUT2D eigenvalue weighted by Gasteiger charge is 2.29. The third kappa shape index (κ3) is 3.82. The molecule has 0 radical (unpaired) electrons. The van der Waals surface area contributed by atoms with Crippen molar-refractivity contribution in [1.82, 2.24) is 4.31 Å². The maximum absolute atomic E-state index is 12.8. The summed E-state index contributed by atoms with van der Waals surface area (Å²) < 4.78 is 38.7. The molecule has 1 aliphatic heterocycles. The first-order chi connectivity index (χ1) is 12.5. The molecule has 2 aromatic carbocycles. The minimum absolute atomic E-state index is 0.316. The number of anilines is 1. The number of halogens is 1. The highest BCUT2D eigenvalue weighted by Crippen LogP contribution is 2.33. The number of ether oxygens (including phenoxy) is 2. The van der Waals surface area contributed by atoms with Gasteiger partial charge in [-0.15, -0.1) is 0 Å². The third-order valence-corrected chi connectivity index (χ3v) is 6.86. The van der Waals surface area contributed by atoms with Crippen LogP contribution >= 0.6 is 15.9 Å². The molecule has 0 saturated carbocycles. The van der Waals surface area contributed by atoms with Crippen LogP contribution in [0.4, 0.5) is 5.69 Å². The Kier molecular flexibility index (Phi) is 5.74. The largest absolute Gasteiger partial charge is 0.497 e. The average Bonchev–Trinajstić information content (AvgIpc) is 2.68. The highest BCUT2D eigenvalue weighted by molar-refractivity contribution is 9.10. The quantitative estimate of drug-likeness (QED) is 0.714. The van der Waals surface area contributed by atoms with Crippen molar-refractivity contribution < 1.29 is 17.9 Å². The van der Waals surface area contributed by atoms with Crippen molar-refractivity contribution >= 4 is 31.6 Å². The summed E-state index contributed by atoms with van der Waals surface area (Å²) in [5.41, 5.74) is 0.939. The first-order valence-corrected chi connectivity index (χ1v) is 10.4. The number of piperazine rings is 1. The van der Waals surface area contributed by atoms with Crippen LogP contribution in [0.25, 0.3) is 0 Å². The van der Waals surface area contributed by atoms with Gasteiger partial charge >= 0.3 is 0 Å². The van der Waals surface area contributed by atoms with Gasteiger partial charge in [-0.25, -0.2) is 8.42 Å². The minimum Gasteiger partial charge on any atom is -0.497 e. The Hall–Kier alpha value is -1.77. The summed E-state index contributed by atoms with van der Waals surface area (Å²) in [4.78, 5) is 2.45. The van der Waals surface area contributed by atoms with Gasteiger partial charge in [-0.05, 0) is 36.4 Å². The van der Waals surface area contributed by atoms with Crippen LogP contribution in [0.5, 0.6) is 11.5 Å². The lowest BCUT2D eigenvalue weighted by Gasteiger charge is -2.36. The lowest BCUT2D eigenvalue weighted by atomic mass is 10.2. The maximum atomic E-state index is 12.8. The molecule has 2 aromatic rings. The lowest BCUT2D eigenvalue weighted by molar-refractivity contribution is 0.375. The van der Waals surface area contributed by atoms with Gasteiger partial charge in [0.25, 0.3) is 0 Å². The van der Waals surface area contributed by atoms with Crippen molar-refractivity contribution in [3.63, 3.8) is 0 Å². The molecule has 0 N–H and O–H groups in total. The Morgan fingerprint density at radius 2 is 1.58 bits per heavy atom. The van der Waals surface area contributed by atoms with Gasteiger partial charge in [0.15, 0.2) is 0 Å². The van der Waals surface area contributed by atoms with E-state index < -0.39 is 10.0 Å². The second-order valence-electron chi connectivity index (χ2n) is 5.88. The smallest absolute Gasteiger partial charge is 0.243 e. The van der Waals surface area contributed by atoms with E-state index in [4.69, 9.17) is 9.47 Å². The fourth-order valence-electron chi connectivity index (χ4n) is 2.97. The molecule has 0 amide bonds. The van der Waals surface area contributed by atoms with Crippen LogP contribution < -0.4 is 14.4 Å². The molecule has 0 unspecified atom stereocenters. The zero-order chi connectivity index (χ0) is 18.7. The number of sulfonamides is 1. The maximum Gasteiger partial charge on any atom is 0.243 e. The molecule has 8 heteroatoms. The van der Waals surface area contributed by atoms with Crippen molar-refractivity contribution in [1.29, 1.82) is 0 Å². The van der Waals surface area contributed by atoms with Gasteiger partial charge in [-0.1, -0.05) is 15.9 Å². The van der Waals surface area contributed by atoms with Gasteiger partial charge in [0.05, 0.1) is 24.8 Å². The summed E-state index contributed by atoms with van der Waals surface area (Å²) >= 11 is 3.33. The molecule has 1 saturated heterocycles. The molecule has 140 valence electrons. The van der Waals surface area contributed by atoms with E-state index in [0.29, 0.717) is 36.8 Å². The van der Waals surface area contributed by atoms with Crippen LogP contribution in [0, 0.1) is 0 Å². The SMILES string of the molecule is COc1ccc(N2CCN(S(=O)(=O)c3ccc(Br)cc3)CC2)c(OC)c1. The van der Waals surface area contributed by atoms with Gasteiger partial charge in [0.1, 0.15) is 11.5 Å². The Balaban J connectivity index is 1.74. The van der Waals surface area contributed by atoms with E-state index in [1.54, 1.807) is 38.5 Å². The Bertz CT molecular complexity index is 863. The molecule has 3 rings (SSSR count). The van der Waals surface area contributed by atoms with E-state index in [1.807, 2.05) is 18.2 Å². The Morgan fingerprint density at radius 1 is 0.923 bits per heavy atom. The van der Waals surface area contributed by atoms with Crippen molar-refractivity contribution in [2.45, 2.75) is 4.90 Å². The fraction of sp³-hybridized carbons (Fsp3) is 0.333. The van der Waals surface area contributed by atoms with Crippen LogP contribution in [0.3, 0.4) is 0 Å². The number of hydrogen-bond donors (Lipinski definition) is 0. The molecule has 0 atom stereocenters. The van der Waals surface area contributed by atoms with Gasteiger partial charge in [-0.3, -0.25) is 0 Å². The van der Waals surface area contributed by atoms with Crippen LogP contribution in [-0.4, -0.2) is 53.1 Å². The molecular weight excluding hydrogens is 420 g/mol. The Morgan fingerprint density at radius 3 is 2.15 bits per heavy atom. The molecule has 1 fully saturated rings. The molecule has 0 aromatic heterocycles. The summed E-state index contributed by atoms with van der Waals surface area (Å²) in [5, 5.41) is 0. The van der Waals surface area contributed by atoms with E-state index in [9.17, 15) is 8.42 Å². The van der Waals surface area contributed by atoms with Crippen molar-refractivity contribution in [2.75, 3.05) is 45.3 Å². The fourth-order valence-corrected chi connectivity index (χ4v) is 4.66. The van der Waals surface area contributed by atoms with Crippen molar-refractivity contribution in [3.05, 3.63) is 46.9 Å². The predicted molar refractivity (Wildman–Crippen MR) is 105 cm³/mol. The molecule has 0 aliphatic carbocycles. The van der Waals surface area contributed by atoms with E-state index in [-0.39, 0.29) is 0 Å². The first-order valence-electron chi connectivity index (χ1n) is 8.18. The molecule has 26 heavy (non-hydrogen) atoms. The van der Waals surface area contributed by atoms with Gasteiger partial charge < -0.3 is 14.4 Å². The molecule has 0 spiro atoms. The number of hydrogen-bond acceptors (Lipinski definition) is 5. The van der Waals surface area contributed by atoms with Gasteiger partial charge in [-0.2, -0.15) is 4.31 Å². The summed E-state index contributed by atoms with van der Waals surface area (Å²) in [7, 11) is -0.247. The number of nitrogens with zero attached hydrogens (tertiary/aromatic N) is 2. The van der Waals surface area contributed by atoms with Crippen molar-refractivity contribution in [2.24, 2.45) is 0 Å². The standard InChI is InChI=1S/C18H21BrN2O4S/c1-24-15-5-8-17(18(13-15)25-2)20-9-11-21(12-10-20)26(22,23)16-6-3-14(19)4-7-16/h3-8,13H,9-12H2,1-2H3. The van der Waals surface area contributed by atoms with Gasteiger partial charge in [0, 0.05) is 36.7 Å². The summed E-state index contributed by atoms with van der Waals surface area (Å²) in [5.74, 6) is 1.44. The second kappa shape index (κ2) is 7.85. The normalized spacial score (nSPS) is 15.7. The summed E-state index contributed by atoms with van der Waals surface area (Å²) in [6.07, 6.45) is 0. The van der Waals surface area contributed by atoms with Crippen molar-refractivity contribution in [3.8, 4) is 11.5 Å². The van der Waals surface area contributed by atoms with Gasteiger partial charge in [0.2, 0.25) is 10.0 Å². The van der Waals surface area contributed by atoms with E-state index in [0.717, 1.165) is 15.9 Å². The number of rotatable bonds is 5.